The van der Waals surface area contributed by atoms with Crippen molar-refractivity contribution in [3.05, 3.63) is 23.8 Å². The number of rotatable bonds is 3. The van der Waals surface area contributed by atoms with Crippen molar-refractivity contribution in [2.75, 3.05) is 13.2 Å². The monoisotopic (exact) mass is 249 g/mol. The summed E-state index contributed by atoms with van der Waals surface area (Å²) in [7, 11) is 0. The predicted octanol–water partition coefficient (Wildman–Crippen LogP) is 2.93. The van der Waals surface area contributed by atoms with Gasteiger partial charge in [-0.25, -0.2) is 0 Å². The molecule has 1 aromatic rings. The Labute approximate surface area is 109 Å². The third-order valence-electron chi connectivity index (χ3n) is 3.64. The summed E-state index contributed by atoms with van der Waals surface area (Å²) >= 11 is 0. The Morgan fingerprint density at radius 1 is 1.06 bits per heavy atom. The Morgan fingerprint density at radius 2 is 1.72 bits per heavy atom. The molecule has 0 aliphatic carbocycles. The molecule has 2 N–H and O–H groups in total. The summed E-state index contributed by atoms with van der Waals surface area (Å²) in [6.45, 7) is 7.94. The third kappa shape index (κ3) is 2.78. The van der Waals surface area contributed by atoms with Gasteiger partial charge in [-0.15, -0.1) is 0 Å². The predicted molar refractivity (Wildman–Crippen MR) is 73.3 cm³/mol. The van der Waals surface area contributed by atoms with E-state index in [0.29, 0.717) is 11.8 Å². The fourth-order valence-corrected chi connectivity index (χ4v) is 2.26. The van der Waals surface area contributed by atoms with E-state index < -0.39 is 0 Å². The van der Waals surface area contributed by atoms with Crippen molar-refractivity contribution in [1.82, 2.24) is 0 Å². The molecule has 0 saturated carbocycles. The molecule has 1 aliphatic heterocycles. The smallest absolute Gasteiger partial charge is 0.161 e. The second-order valence-corrected chi connectivity index (χ2v) is 5.37. The van der Waals surface area contributed by atoms with E-state index in [9.17, 15) is 0 Å². The molecule has 100 valence electrons. The average Bonchev–Trinajstić information content (AvgIpc) is 2.60. The van der Waals surface area contributed by atoms with Gasteiger partial charge in [-0.3, -0.25) is 0 Å². The Hall–Kier alpha value is -1.22. The van der Waals surface area contributed by atoms with E-state index in [1.54, 1.807) is 0 Å². The van der Waals surface area contributed by atoms with Gasteiger partial charge in [0.25, 0.3) is 0 Å². The van der Waals surface area contributed by atoms with Crippen LogP contribution in [-0.4, -0.2) is 19.3 Å². The highest BCUT2D eigenvalue weighted by Crippen LogP contribution is 2.34. The molecule has 2 unspecified atom stereocenters. The SMILES string of the molecule is CC(C)C(N)C(C)c1ccc2c(c1)OCCCO2. The number of nitrogens with two attached hydrogens (primary N) is 1. The largest absolute Gasteiger partial charge is 0.490 e. The van der Waals surface area contributed by atoms with Gasteiger partial charge in [0, 0.05) is 12.5 Å². The molecule has 18 heavy (non-hydrogen) atoms. The molecular weight excluding hydrogens is 226 g/mol. The van der Waals surface area contributed by atoms with Crippen molar-refractivity contribution in [2.24, 2.45) is 11.7 Å². The van der Waals surface area contributed by atoms with E-state index in [-0.39, 0.29) is 6.04 Å². The zero-order valence-corrected chi connectivity index (χ0v) is 11.5. The first-order valence-corrected chi connectivity index (χ1v) is 6.74. The van der Waals surface area contributed by atoms with Crippen LogP contribution in [-0.2, 0) is 0 Å². The van der Waals surface area contributed by atoms with E-state index in [4.69, 9.17) is 15.2 Å². The first-order valence-electron chi connectivity index (χ1n) is 6.74. The number of benzene rings is 1. The van der Waals surface area contributed by atoms with Crippen LogP contribution in [0.1, 0.15) is 38.7 Å². The molecule has 0 amide bonds. The standard InChI is InChI=1S/C15H23NO2/c1-10(2)15(16)11(3)12-5-6-13-14(9-12)18-8-4-7-17-13/h5-6,9-11,15H,4,7-8,16H2,1-3H3. The second kappa shape index (κ2) is 5.61. The molecule has 2 rings (SSSR count). The molecule has 3 heteroatoms. The third-order valence-corrected chi connectivity index (χ3v) is 3.64. The maximum atomic E-state index is 6.23. The minimum atomic E-state index is 0.162. The van der Waals surface area contributed by atoms with Gasteiger partial charge in [0.05, 0.1) is 13.2 Å². The maximum absolute atomic E-state index is 6.23. The van der Waals surface area contributed by atoms with Crippen LogP contribution < -0.4 is 15.2 Å². The average molecular weight is 249 g/mol. The van der Waals surface area contributed by atoms with Gasteiger partial charge in [0.2, 0.25) is 0 Å². The molecule has 1 aromatic carbocycles. The normalized spacial score (nSPS) is 18.3. The van der Waals surface area contributed by atoms with E-state index in [0.717, 1.165) is 31.1 Å². The van der Waals surface area contributed by atoms with Crippen LogP contribution in [0.4, 0.5) is 0 Å². The van der Waals surface area contributed by atoms with Gasteiger partial charge in [0.15, 0.2) is 11.5 Å². The lowest BCUT2D eigenvalue weighted by molar-refractivity contribution is 0.297. The number of fused-ring (bicyclic) bond motifs is 1. The Bertz CT molecular complexity index is 403. The lowest BCUT2D eigenvalue weighted by Gasteiger charge is -2.24. The van der Waals surface area contributed by atoms with Gasteiger partial charge < -0.3 is 15.2 Å². The zero-order valence-electron chi connectivity index (χ0n) is 11.5. The molecule has 1 aliphatic rings. The van der Waals surface area contributed by atoms with Crippen molar-refractivity contribution >= 4 is 0 Å². The second-order valence-electron chi connectivity index (χ2n) is 5.37. The number of ether oxygens (including phenoxy) is 2. The van der Waals surface area contributed by atoms with Gasteiger partial charge >= 0.3 is 0 Å². The summed E-state index contributed by atoms with van der Waals surface area (Å²) < 4.78 is 11.3. The van der Waals surface area contributed by atoms with Crippen LogP contribution in [0.25, 0.3) is 0 Å². The summed E-state index contributed by atoms with van der Waals surface area (Å²) in [5, 5.41) is 0. The topological polar surface area (TPSA) is 44.5 Å². The molecule has 2 atom stereocenters. The fourth-order valence-electron chi connectivity index (χ4n) is 2.26. The van der Waals surface area contributed by atoms with Crippen molar-refractivity contribution in [3.8, 4) is 11.5 Å². The van der Waals surface area contributed by atoms with E-state index in [2.05, 4.69) is 32.9 Å². The summed E-state index contributed by atoms with van der Waals surface area (Å²) in [4.78, 5) is 0. The summed E-state index contributed by atoms with van der Waals surface area (Å²) in [5.74, 6) is 2.49. The lowest BCUT2D eigenvalue weighted by atomic mass is 9.87. The summed E-state index contributed by atoms with van der Waals surface area (Å²) in [6, 6.07) is 6.34. The first kappa shape index (κ1) is 13.2. The van der Waals surface area contributed by atoms with Crippen molar-refractivity contribution in [1.29, 1.82) is 0 Å². The summed E-state index contributed by atoms with van der Waals surface area (Å²) in [5.41, 5.74) is 7.45. The number of hydrogen-bond donors (Lipinski definition) is 1. The molecule has 1 heterocycles. The Kier molecular flexibility index (Phi) is 4.12. The quantitative estimate of drug-likeness (QED) is 0.895. The van der Waals surface area contributed by atoms with Crippen LogP contribution in [0.5, 0.6) is 11.5 Å². The van der Waals surface area contributed by atoms with Gasteiger partial charge in [-0.05, 0) is 29.5 Å². The molecule has 0 fully saturated rings. The van der Waals surface area contributed by atoms with Crippen LogP contribution in [0.3, 0.4) is 0 Å². The maximum Gasteiger partial charge on any atom is 0.161 e. The van der Waals surface area contributed by atoms with Gasteiger partial charge in [-0.1, -0.05) is 26.8 Å². The minimum Gasteiger partial charge on any atom is -0.490 e. The zero-order chi connectivity index (χ0) is 13.1. The van der Waals surface area contributed by atoms with Crippen LogP contribution in [0.15, 0.2) is 18.2 Å². The summed E-state index contributed by atoms with van der Waals surface area (Å²) in [6.07, 6.45) is 0.936. The highest BCUT2D eigenvalue weighted by molar-refractivity contribution is 5.44. The van der Waals surface area contributed by atoms with E-state index in [1.165, 1.54) is 5.56 Å². The van der Waals surface area contributed by atoms with Gasteiger partial charge in [-0.2, -0.15) is 0 Å². The molecule has 0 aromatic heterocycles. The first-order chi connectivity index (χ1) is 8.59. The van der Waals surface area contributed by atoms with Crippen molar-refractivity contribution in [2.45, 2.75) is 39.2 Å². The van der Waals surface area contributed by atoms with Crippen molar-refractivity contribution < 1.29 is 9.47 Å². The molecule has 0 radical (unpaired) electrons. The molecule has 0 saturated heterocycles. The van der Waals surface area contributed by atoms with E-state index in [1.807, 2.05) is 6.07 Å². The van der Waals surface area contributed by atoms with Crippen LogP contribution in [0, 0.1) is 5.92 Å². The van der Waals surface area contributed by atoms with Crippen LogP contribution in [0.2, 0.25) is 0 Å². The number of hydrogen-bond acceptors (Lipinski definition) is 3. The highest BCUT2D eigenvalue weighted by atomic mass is 16.5. The molecular formula is C15H23NO2. The lowest BCUT2D eigenvalue weighted by Crippen LogP contribution is -2.32. The minimum absolute atomic E-state index is 0.162. The Morgan fingerprint density at radius 3 is 2.39 bits per heavy atom. The molecule has 0 spiro atoms. The van der Waals surface area contributed by atoms with Crippen LogP contribution >= 0.6 is 0 Å². The van der Waals surface area contributed by atoms with E-state index >= 15 is 0 Å². The molecule has 3 nitrogen and oxygen atoms in total. The van der Waals surface area contributed by atoms with Crippen molar-refractivity contribution in [3.63, 3.8) is 0 Å². The fraction of sp³-hybridized carbons (Fsp3) is 0.600. The highest BCUT2D eigenvalue weighted by Gasteiger charge is 2.20. The van der Waals surface area contributed by atoms with Gasteiger partial charge in [0.1, 0.15) is 0 Å². The molecule has 0 bridgehead atoms. The Balaban J connectivity index is 2.22.